The Balaban J connectivity index is 1.35. The first-order chi connectivity index (χ1) is 13.2. The Bertz CT molecular complexity index is 638. The van der Waals surface area contributed by atoms with Crippen molar-refractivity contribution in [3.8, 4) is 0 Å². The van der Waals surface area contributed by atoms with E-state index in [0.29, 0.717) is 12.5 Å². The lowest BCUT2D eigenvalue weighted by molar-refractivity contribution is -0.131. The first-order valence-corrected chi connectivity index (χ1v) is 11.3. The number of guanidine groups is 1. The number of thioether (sulfide) groups is 1. The van der Waals surface area contributed by atoms with Gasteiger partial charge in [-0.05, 0) is 43.1 Å². The molecule has 5 nitrogen and oxygen atoms in total. The molecule has 0 spiro atoms. The Labute approximate surface area is 167 Å². The minimum Gasteiger partial charge on any atom is -0.356 e. The second-order valence-electron chi connectivity index (χ2n) is 7.49. The number of aliphatic imine (C=N–C) groups is 1. The van der Waals surface area contributed by atoms with E-state index in [-0.39, 0.29) is 5.91 Å². The van der Waals surface area contributed by atoms with Gasteiger partial charge in [0.05, 0.1) is 0 Å². The van der Waals surface area contributed by atoms with Gasteiger partial charge < -0.3 is 15.5 Å². The van der Waals surface area contributed by atoms with Crippen LogP contribution in [-0.2, 0) is 17.9 Å². The van der Waals surface area contributed by atoms with Crippen LogP contribution in [-0.4, -0.2) is 47.9 Å². The summed E-state index contributed by atoms with van der Waals surface area (Å²) < 4.78 is 0. The topological polar surface area (TPSA) is 56.7 Å². The highest BCUT2D eigenvalue weighted by Crippen LogP contribution is 2.27. The Morgan fingerprint density at radius 1 is 1.26 bits per heavy atom. The third-order valence-electron chi connectivity index (χ3n) is 5.58. The largest absolute Gasteiger partial charge is 0.356 e. The number of carbonyl (C=O) groups excluding carboxylic acids is 1. The summed E-state index contributed by atoms with van der Waals surface area (Å²) in [7, 11) is 1.82. The van der Waals surface area contributed by atoms with E-state index in [1.807, 2.05) is 35.8 Å². The van der Waals surface area contributed by atoms with Crippen molar-refractivity contribution in [3.63, 3.8) is 0 Å². The Hall–Kier alpha value is -1.69. The summed E-state index contributed by atoms with van der Waals surface area (Å²) >= 11 is 1.97. The van der Waals surface area contributed by atoms with E-state index in [0.717, 1.165) is 37.3 Å². The molecule has 6 heteroatoms. The number of amides is 1. The minimum absolute atomic E-state index is 0.242. The van der Waals surface area contributed by atoms with E-state index in [1.54, 1.807) is 0 Å². The Kier molecular flexibility index (Phi) is 7.44. The lowest BCUT2D eigenvalue weighted by Crippen LogP contribution is -2.46. The average Bonchev–Trinajstić information content (AvgIpc) is 3.14. The van der Waals surface area contributed by atoms with Gasteiger partial charge in [0, 0.05) is 44.4 Å². The standard InChI is InChI=1S/C21H32N4OS/c1-22-21(24-18-9-5-10-19(13-18)27-2)23-12-6-11-20(26)25-14-16-7-3-4-8-17(16)15-25/h3-4,7-8,18-19H,5-6,9-15H2,1-2H3,(H2,22,23,24). The number of hydrogen-bond donors (Lipinski definition) is 2. The summed E-state index contributed by atoms with van der Waals surface area (Å²) in [5, 5.41) is 7.69. The van der Waals surface area contributed by atoms with Crippen LogP contribution >= 0.6 is 11.8 Å². The molecule has 148 valence electrons. The van der Waals surface area contributed by atoms with Crippen molar-refractivity contribution in [1.29, 1.82) is 0 Å². The molecule has 1 heterocycles. The lowest BCUT2D eigenvalue weighted by Gasteiger charge is -2.29. The quantitative estimate of drug-likeness (QED) is 0.447. The molecule has 1 fully saturated rings. The van der Waals surface area contributed by atoms with Gasteiger partial charge in [-0.15, -0.1) is 0 Å². The van der Waals surface area contributed by atoms with Crippen LogP contribution in [0.5, 0.6) is 0 Å². The molecule has 2 unspecified atom stereocenters. The van der Waals surface area contributed by atoms with E-state index in [1.165, 1.54) is 36.8 Å². The van der Waals surface area contributed by atoms with Crippen molar-refractivity contribution in [1.82, 2.24) is 15.5 Å². The van der Waals surface area contributed by atoms with Crippen LogP contribution in [0.1, 0.15) is 49.7 Å². The summed E-state index contributed by atoms with van der Waals surface area (Å²) in [5.74, 6) is 1.11. The predicted octanol–water partition coefficient (Wildman–Crippen LogP) is 3.15. The molecule has 1 amide bonds. The molecule has 1 aromatic rings. The zero-order valence-electron chi connectivity index (χ0n) is 16.5. The second-order valence-corrected chi connectivity index (χ2v) is 8.62. The van der Waals surface area contributed by atoms with E-state index >= 15 is 0 Å². The minimum atomic E-state index is 0.242. The zero-order chi connectivity index (χ0) is 19.1. The third-order valence-corrected chi connectivity index (χ3v) is 6.67. The van der Waals surface area contributed by atoms with Crippen LogP contribution in [0.4, 0.5) is 0 Å². The number of hydrogen-bond acceptors (Lipinski definition) is 3. The van der Waals surface area contributed by atoms with Gasteiger partial charge in [0.1, 0.15) is 0 Å². The number of nitrogens with one attached hydrogen (secondary N) is 2. The first kappa shape index (κ1) is 20.1. The van der Waals surface area contributed by atoms with Crippen molar-refractivity contribution in [2.75, 3.05) is 19.8 Å². The highest BCUT2D eigenvalue weighted by Gasteiger charge is 2.23. The number of nitrogens with zero attached hydrogens (tertiary/aromatic N) is 2. The zero-order valence-corrected chi connectivity index (χ0v) is 17.4. The van der Waals surface area contributed by atoms with Gasteiger partial charge in [-0.1, -0.05) is 30.7 Å². The van der Waals surface area contributed by atoms with Crippen molar-refractivity contribution in [3.05, 3.63) is 35.4 Å². The molecular formula is C21H32N4OS. The van der Waals surface area contributed by atoms with Gasteiger partial charge in [-0.25, -0.2) is 0 Å². The van der Waals surface area contributed by atoms with E-state index in [9.17, 15) is 4.79 Å². The molecule has 1 saturated carbocycles. The third kappa shape index (κ3) is 5.64. The van der Waals surface area contributed by atoms with E-state index < -0.39 is 0 Å². The summed E-state index contributed by atoms with van der Waals surface area (Å²) in [5.41, 5.74) is 2.56. The summed E-state index contributed by atoms with van der Waals surface area (Å²) in [6, 6.07) is 8.83. The molecule has 2 atom stereocenters. The van der Waals surface area contributed by atoms with Gasteiger partial charge in [0.15, 0.2) is 5.96 Å². The first-order valence-electron chi connectivity index (χ1n) is 10.0. The summed E-state index contributed by atoms with van der Waals surface area (Å²) in [4.78, 5) is 18.8. The van der Waals surface area contributed by atoms with Crippen molar-refractivity contribution >= 4 is 23.6 Å². The van der Waals surface area contributed by atoms with Gasteiger partial charge in [0.25, 0.3) is 0 Å². The molecule has 2 aliphatic rings. The normalized spacial score (nSPS) is 22.4. The number of fused-ring (bicyclic) bond motifs is 1. The maximum atomic E-state index is 12.5. The van der Waals surface area contributed by atoms with Crippen LogP contribution in [0.15, 0.2) is 29.3 Å². The summed E-state index contributed by atoms with van der Waals surface area (Å²) in [6.07, 6.45) is 8.64. The number of rotatable bonds is 6. The van der Waals surface area contributed by atoms with Crippen molar-refractivity contribution in [2.45, 2.75) is 62.9 Å². The Morgan fingerprint density at radius 2 is 2.00 bits per heavy atom. The highest BCUT2D eigenvalue weighted by molar-refractivity contribution is 7.99. The van der Waals surface area contributed by atoms with Crippen LogP contribution < -0.4 is 10.6 Å². The molecule has 1 aliphatic heterocycles. The average molecular weight is 389 g/mol. The smallest absolute Gasteiger partial charge is 0.223 e. The molecule has 1 aliphatic carbocycles. The number of carbonyl (C=O) groups is 1. The van der Waals surface area contributed by atoms with Gasteiger partial charge >= 0.3 is 0 Å². The van der Waals surface area contributed by atoms with Crippen molar-refractivity contribution in [2.24, 2.45) is 4.99 Å². The molecule has 0 radical (unpaired) electrons. The molecule has 27 heavy (non-hydrogen) atoms. The maximum Gasteiger partial charge on any atom is 0.223 e. The fourth-order valence-corrected chi connectivity index (χ4v) is 4.82. The molecule has 0 saturated heterocycles. The fraction of sp³-hybridized carbons (Fsp3) is 0.619. The van der Waals surface area contributed by atoms with Crippen LogP contribution in [0, 0.1) is 0 Å². The molecule has 0 bridgehead atoms. The molecule has 0 aromatic heterocycles. The van der Waals surface area contributed by atoms with Gasteiger partial charge in [-0.3, -0.25) is 9.79 Å². The fourth-order valence-electron chi connectivity index (χ4n) is 3.99. The van der Waals surface area contributed by atoms with E-state index in [4.69, 9.17) is 0 Å². The monoisotopic (exact) mass is 388 g/mol. The SMILES string of the molecule is CN=C(NCCCC(=O)N1Cc2ccccc2C1)NC1CCCC(SC)C1. The van der Waals surface area contributed by atoms with Crippen LogP contribution in [0.2, 0.25) is 0 Å². The molecule has 1 aromatic carbocycles. The number of benzene rings is 1. The second kappa shape index (κ2) is 10.0. The van der Waals surface area contributed by atoms with Gasteiger partial charge in [0.2, 0.25) is 5.91 Å². The lowest BCUT2D eigenvalue weighted by atomic mass is 9.95. The Morgan fingerprint density at radius 3 is 2.67 bits per heavy atom. The molecule has 2 N–H and O–H groups in total. The highest BCUT2D eigenvalue weighted by atomic mass is 32.2. The van der Waals surface area contributed by atoms with Crippen LogP contribution in [0.25, 0.3) is 0 Å². The summed E-state index contributed by atoms with van der Waals surface area (Å²) in [6.45, 7) is 2.28. The van der Waals surface area contributed by atoms with Crippen LogP contribution in [0.3, 0.4) is 0 Å². The molecular weight excluding hydrogens is 356 g/mol. The molecule has 3 rings (SSSR count). The predicted molar refractivity (Wildman–Crippen MR) is 114 cm³/mol. The van der Waals surface area contributed by atoms with Gasteiger partial charge in [-0.2, -0.15) is 11.8 Å². The maximum absolute atomic E-state index is 12.5. The van der Waals surface area contributed by atoms with E-state index in [2.05, 4.69) is 34.0 Å². The van der Waals surface area contributed by atoms with Crippen molar-refractivity contribution < 1.29 is 4.79 Å².